The molecule has 0 aliphatic carbocycles. The molecule has 0 radical (unpaired) electrons. The highest BCUT2D eigenvalue weighted by molar-refractivity contribution is 5.88. The Morgan fingerprint density at radius 3 is 2.62 bits per heavy atom. The third-order valence-corrected chi connectivity index (χ3v) is 5.60. The zero-order valence-corrected chi connectivity index (χ0v) is 18.5. The smallest absolute Gasteiger partial charge is 0.246 e. The minimum atomic E-state index is -0.0455. The number of rotatable bonds is 7. The summed E-state index contributed by atoms with van der Waals surface area (Å²) in [6.45, 7) is 4.89. The molecule has 34 heavy (non-hydrogen) atoms. The van der Waals surface area contributed by atoms with Crippen LogP contribution in [0.1, 0.15) is 6.42 Å². The maximum atomic E-state index is 11.8. The molecule has 0 spiro atoms. The van der Waals surface area contributed by atoms with Crippen LogP contribution in [0.2, 0.25) is 0 Å². The number of fused-ring (bicyclic) bond motifs is 1. The van der Waals surface area contributed by atoms with Crippen LogP contribution < -0.4 is 15.4 Å². The number of benzene rings is 2. The Morgan fingerprint density at radius 1 is 1.03 bits per heavy atom. The van der Waals surface area contributed by atoms with E-state index in [-0.39, 0.29) is 11.9 Å². The van der Waals surface area contributed by atoms with Gasteiger partial charge in [0.2, 0.25) is 5.91 Å². The van der Waals surface area contributed by atoms with Gasteiger partial charge < -0.3 is 20.3 Å². The fourth-order valence-corrected chi connectivity index (χ4v) is 3.90. The van der Waals surface area contributed by atoms with E-state index >= 15 is 0 Å². The van der Waals surface area contributed by atoms with E-state index in [1.807, 2.05) is 66.7 Å². The van der Waals surface area contributed by atoms with E-state index in [1.165, 1.54) is 12.4 Å². The van der Waals surface area contributed by atoms with Crippen LogP contribution in [0, 0.1) is 0 Å². The molecule has 1 amide bonds. The van der Waals surface area contributed by atoms with Crippen molar-refractivity contribution in [3.8, 4) is 11.5 Å². The van der Waals surface area contributed by atoms with Gasteiger partial charge in [-0.05, 0) is 61.0 Å². The minimum Gasteiger partial charge on any atom is -0.457 e. The molecule has 8 heteroatoms. The Morgan fingerprint density at radius 2 is 1.82 bits per heavy atom. The average Bonchev–Trinajstić information content (AvgIpc) is 3.34. The molecule has 1 atom stereocenters. The molecule has 0 saturated carbocycles. The highest BCUT2D eigenvalue weighted by Gasteiger charge is 2.25. The number of hydrogen-bond donors (Lipinski definition) is 2. The number of nitrogens with zero attached hydrogens (tertiary/aromatic N) is 4. The van der Waals surface area contributed by atoms with E-state index < -0.39 is 0 Å². The zero-order chi connectivity index (χ0) is 23.3. The van der Waals surface area contributed by atoms with Gasteiger partial charge in [0.25, 0.3) is 0 Å². The first-order valence-corrected chi connectivity index (χ1v) is 11.1. The predicted octanol–water partition coefficient (Wildman–Crippen LogP) is 4.76. The zero-order valence-electron chi connectivity index (χ0n) is 18.5. The van der Waals surface area contributed by atoms with Crippen molar-refractivity contribution in [2.75, 3.05) is 23.7 Å². The standard InChI is InChI=1S/C26H24N6O2/c1-2-24(33)32-15-14-19(16-32)29-23-13-12-22-25(31-23)26(28-17-27-22)30-18-8-10-21(11-9-18)34-20-6-4-3-5-7-20/h2-13,17,19H,1,14-16H2,(H,29,31)(H,27,28,30)/t19-/m0/s1. The Kier molecular flexibility index (Phi) is 6.03. The van der Waals surface area contributed by atoms with Crippen LogP contribution in [-0.2, 0) is 4.79 Å². The van der Waals surface area contributed by atoms with Gasteiger partial charge in [0.05, 0.1) is 5.52 Å². The molecule has 1 aliphatic rings. The number of likely N-dealkylation sites (tertiary alicyclic amines) is 1. The van der Waals surface area contributed by atoms with Gasteiger partial charge in [-0.25, -0.2) is 15.0 Å². The van der Waals surface area contributed by atoms with Crippen LogP contribution in [0.4, 0.5) is 17.3 Å². The maximum absolute atomic E-state index is 11.8. The third kappa shape index (κ3) is 4.80. The number of pyridine rings is 1. The van der Waals surface area contributed by atoms with Crippen molar-refractivity contribution in [2.45, 2.75) is 12.5 Å². The van der Waals surface area contributed by atoms with E-state index in [4.69, 9.17) is 9.72 Å². The highest BCUT2D eigenvalue weighted by Crippen LogP contribution is 2.27. The lowest BCUT2D eigenvalue weighted by molar-refractivity contribution is -0.125. The summed E-state index contributed by atoms with van der Waals surface area (Å²) in [7, 11) is 0. The molecule has 2 aromatic heterocycles. The van der Waals surface area contributed by atoms with Crippen LogP contribution in [0.3, 0.4) is 0 Å². The summed E-state index contributed by atoms with van der Waals surface area (Å²) in [5, 5.41) is 6.75. The van der Waals surface area contributed by atoms with Gasteiger partial charge in [-0.3, -0.25) is 4.79 Å². The number of carbonyl (C=O) groups excluding carboxylic acids is 1. The second-order valence-electron chi connectivity index (χ2n) is 7.97. The molecule has 170 valence electrons. The van der Waals surface area contributed by atoms with Crippen molar-refractivity contribution >= 4 is 34.3 Å². The van der Waals surface area contributed by atoms with Crippen molar-refractivity contribution in [1.82, 2.24) is 19.9 Å². The molecule has 2 N–H and O–H groups in total. The number of para-hydroxylation sites is 1. The first kappa shape index (κ1) is 21.4. The second kappa shape index (κ2) is 9.58. The molecule has 1 aliphatic heterocycles. The number of anilines is 3. The SMILES string of the molecule is C=CC(=O)N1CC[C@H](Nc2ccc3ncnc(Nc4ccc(Oc5ccccc5)cc4)c3n2)C1. The summed E-state index contributed by atoms with van der Waals surface area (Å²) in [6, 6.07) is 21.2. The number of amides is 1. The van der Waals surface area contributed by atoms with Crippen molar-refractivity contribution < 1.29 is 9.53 Å². The van der Waals surface area contributed by atoms with Crippen molar-refractivity contribution in [3.63, 3.8) is 0 Å². The molecular formula is C26H24N6O2. The summed E-state index contributed by atoms with van der Waals surface area (Å²) < 4.78 is 5.86. The Bertz CT molecular complexity index is 1310. The quantitative estimate of drug-likeness (QED) is 0.391. The Balaban J connectivity index is 1.30. The molecule has 1 fully saturated rings. The monoisotopic (exact) mass is 452 g/mol. The van der Waals surface area contributed by atoms with E-state index in [9.17, 15) is 4.79 Å². The van der Waals surface area contributed by atoms with E-state index in [0.717, 1.165) is 34.9 Å². The fourth-order valence-electron chi connectivity index (χ4n) is 3.90. The normalized spacial score (nSPS) is 15.2. The van der Waals surface area contributed by atoms with Gasteiger partial charge in [0.15, 0.2) is 5.82 Å². The van der Waals surface area contributed by atoms with E-state index in [0.29, 0.717) is 24.4 Å². The number of carbonyl (C=O) groups is 1. The van der Waals surface area contributed by atoms with Crippen molar-refractivity contribution in [2.24, 2.45) is 0 Å². The summed E-state index contributed by atoms with van der Waals surface area (Å²) in [5.74, 6) is 2.81. The summed E-state index contributed by atoms with van der Waals surface area (Å²) >= 11 is 0. The molecule has 3 heterocycles. The highest BCUT2D eigenvalue weighted by atomic mass is 16.5. The number of nitrogens with one attached hydrogen (secondary N) is 2. The van der Waals surface area contributed by atoms with Crippen LogP contribution >= 0.6 is 0 Å². The third-order valence-electron chi connectivity index (χ3n) is 5.60. The summed E-state index contributed by atoms with van der Waals surface area (Å²) in [5.41, 5.74) is 2.26. The van der Waals surface area contributed by atoms with Gasteiger partial charge in [0.1, 0.15) is 29.2 Å². The van der Waals surface area contributed by atoms with Crippen LogP contribution in [0.5, 0.6) is 11.5 Å². The number of hydrogen-bond acceptors (Lipinski definition) is 7. The largest absolute Gasteiger partial charge is 0.457 e. The fraction of sp³-hybridized carbons (Fsp3) is 0.154. The Labute approximate surface area is 197 Å². The lowest BCUT2D eigenvalue weighted by atomic mass is 10.2. The molecular weight excluding hydrogens is 428 g/mol. The van der Waals surface area contributed by atoms with E-state index in [1.54, 1.807) is 4.90 Å². The van der Waals surface area contributed by atoms with Gasteiger partial charge in [-0.2, -0.15) is 0 Å². The number of aromatic nitrogens is 3. The molecule has 0 bridgehead atoms. The molecule has 8 nitrogen and oxygen atoms in total. The maximum Gasteiger partial charge on any atom is 0.246 e. The van der Waals surface area contributed by atoms with Crippen LogP contribution in [0.15, 0.2) is 85.7 Å². The lowest BCUT2D eigenvalue weighted by Gasteiger charge is -2.16. The average molecular weight is 453 g/mol. The van der Waals surface area contributed by atoms with Crippen LogP contribution in [0.25, 0.3) is 11.0 Å². The van der Waals surface area contributed by atoms with E-state index in [2.05, 4.69) is 27.2 Å². The Hall–Kier alpha value is -4.46. The van der Waals surface area contributed by atoms with Gasteiger partial charge in [0, 0.05) is 24.8 Å². The minimum absolute atomic E-state index is 0.0455. The molecule has 5 rings (SSSR count). The number of ether oxygens (including phenoxy) is 1. The van der Waals surface area contributed by atoms with Crippen LogP contribution in [-0.4, -0.2) is 44.9 Å². The molecule has 2 aromatic carbocycles. The predicted molar refractivity (Wildman–Crippen MR) is 132 cm³/mol. The topological polar surface area (TPSA) is 92.3 Å². The molecule has 0 unspecified atom stereocenters. The van der Waals surface area contributed by atoms with Crippen molar-refractivity contribution in [1.29, 1.82) is 0 Å². The second-order valence-corrected chi connectivity index (χ2v) is 7.97. The molecule has 1 saturated heterocycles. The first-order valence-electron chi connectivity index (χ1n) is 11.1. The molecule has 4 aromatic rings. The van der Waals surface area contributed by atoms with Crippen molar-refractivity contribution in [3.05, 3.63) is 85.7 Å². The first-order chi connectivity index (χ1) is 16.7. The van der Waals surface area contributed by atoms with Gasteiger partial charge >= 0.3 is 0 Å². The summed E-state index contributed by atoms with van der Waals surface area (Å²) in [6.07, 6.45) is 3.72. The lowest BCUT2D eigenvalue weighted by Crippen LogP contribution is -2.30. The summed E-state index contributed by atoms with van der Waals surface area (Å²) in [4.78, 5) is 27.1. The van der Waals surface area contributed by atoms with Gasteiger partial charge in [-0.15, -0.1) is 0 Å². The van der Waals surface area contributed by atoms with Gasteiger partial charge in [-0.1, -0.05) is 24.8 Å².